The Hall–Kier alpha value is -2.16. The van der Waals surface area contributed by atoms with Crippen molar-refractivity contribution in [3.8, 4) is 28.4 Å². The number of aryl methyl sites for hydroxylation is 3. The third kappa shape index (κ3) is 1.78. The molecule has 0 saturated carbocycles. The van der Waals surface area contributed by atoms with Crippen LogP contribution >= 0.6 is 0 Å². The molecule has 0 saturated heterocycles. The predicted molar refractivity (Wildman–Crippen MR) is 71.1 cm³/mol. The molecule has 2 rings (SSSR count). The van der Waals surface area contributed by atoms with Crippen molar-refractivity contribution >= 4 is 0 Å². The second-order valence-electron chi connectivity index (χ2n) is 4.55. The van der Waals surface area contributed by atoms with E-state index in [9.17, 15) is 15.3 Å². The summed E-state index contributed by atoms with van der Waals surface area (Å²) in [5, 5.41) is 29.8. The van der Waals surface area contributed by atoms with Crippen LogP contribution in [0.3, 0.4) is 0 Å². The Labute approximate surface area is 106 Å². The molecule has 0 unspecified atom stereocenters. The van der Waals surface area contributed by atoms with Gasteiger partial charge in [0.2, 0.25) is 0 Å². The van der Waals surface area contributed by atoms with Crippen LogP contribution < -0.4 is 0 Å². The fourth-order valence-electron chi connectivity index (χ4n) is 2.22. The van der Waals surface area contributed by atoms with Crippen LogP contribution in [0, 0.1) is 20.8 Å². The van der Waals surface area contributed by atoms with E-state index in [4.69, 9.17) is 0 Å². The summed E-state index contributed by atoms with van der Waals surface area (Å²) in [6, 6.07) is 7.07. The molecule has 94 valence electrons. The van der Waals surface area contributed by atoms with Crippen LogP contribution in [0.25, 0.3) is 11.1 Å². The van der Waals surface area contributed by atoms with Crippen molar-refractivity contribution in [1.29, 1.82) is 0 Å². The fraction of sp³-hybridized carbons (Fsp3) is 0.200. The van der Waals surface area contributed by atoms with Crippen LogP contribution in [0.5, 0.6) is 17.2 Å². The summed E-state index contributed by atoms with van der Waals surface area (Å²) >= 11 is 0. The molecule has 0 aliphatic rings. The molecule has 0 heterocycles. The molecule has 0 atom stereocenters. The third-order valence-corrected chi connectivity index (χ3v) is 3.17. The van der Waals surface area contributed by atoms with Crippen LogP contribution in [-0.2, 0) is 0 Å². The van der Waals surface area contributed by atoms with Crippen LogP contribution in [-0.4, -0.2) is 15.3 Å². The highest BCUT2D eigenvalue weighted by Crippen LogP contribution is 2.46. The lowest BCUT2D eigenvalue weighted by Crippen LogP contribution is -1.91. The van der Waals surface area contributed by atoms with Crippen molar-refractivity contribution in [1.82, 2.24) is 0 Å². The quantitative estimate of drug-likeness (QED) is 0.532. The number of phenols is 3. The molecule has 3 heteroatoms. The van der Waals surface area contributed by atoms with Gasteiger partial charge in [-0.1, -0.05) is 18.2 Å². The number of benzene rings is 2. The number of rotatable bonds is 1. The first-order chi connectivity index (χ1) is 8.43. The number of hydrogen-bond acceptors (Lipinski definition) is 3. The molecule has 2 aromatic carbocycles. The van der Waals surface area contributed by atoms with E-state index in [1.165, 1.54) is 6.07 Å². The van der Waals surface area contributed by atoms with Crippen molar-refractivity contribution < 1.29 is 15.3 Å². The van der Waals surface area contributed by atoms with Crippen LogP contribution in [0.15, 0.2) is 24.3 Å². The summed E-state index contributed by atoms with van der Waals surface area (Å²) in [4.78, 5) is 0. The largest absolute Gasteiger partial charge is 0.507 e. The predicted octanol–water partition coefficient (Wildman–Crippen LogP) is 3.40. The minimum atomic E-state index is -0.282. The first-order valence-corrected chi connectivity index (χ1v) is 5.74. The minimum absolute atomic E-state index is 0.00250. The van der Waals surface area contributed by atoms with E-state index in [0.29, 0.717) is 11.1 Å². The Balaban J connectivity index is 2.87. The molecule has 0 fully saturated rings. The van der Waals surface area contributed by atoms with Gasteiger partial charge in [-0.25, -0.2) is 0 Å². The van der Waals surface area contributed by atoms with Gasteiger partial charge in [-0.05, 0) is 49.1 Å². The van der Waals surface area contributed by atoms with Gasteiger partial charge in [0.1, 0.15) is 5.75 Å². The maximum atomic E-state index is 10.1. The van der Waals surface area contributed by atoms with Crippen molar-refractivity contribution in [3.05, 3.63) is 41.0 Å². The first kappa shape index (κ1) is 12.3. The van der Waals surface area contributed by atoms with E-state index in [1.54, 1.807) is 6.92 Å². The number of aromatic hydroxyl groups is 3. The Kier molecular flexibility index (Phi) is 2.91. The van der Waals surface area contributed by atoms with Crippen molar-refractivity contribution in [2.45, 2.75) is 20.8 Å². The first-order valence-electron chi connectivity index (χ1n) is 5.74. The van der Waals surface area contributed by atoms with E-state index in [1.807, 2.05) is 32.0 Å². The fourth-order valence-corrected chi connectivity index (χ4v) is 2.22. The van der Waals surface area contributed by atoms with Gasteiger partial charge in [0.05, 0.1) is 5.56 Å². The standard InChI is InChI=1S/C15H16O3/c1-8-5-4-6-9(2)12(8)13-14(17)10(3)7-11(16)15(13)18/h4-7,16-18H,1-3H3. The second-order valence-corrected chi connectivity index (χ2v) is 4.55. The lowest BCUT2D eigenvalue weighted by Gasteiger charge is -2.15. The molecule has 0 aromatic heterocycles. The molecular weight excluding hydrogens is 228 g/mol. The normalized spacial score (nSPS) is 10.6. The Morgan fingerprint density at radius 3 is 1.83 bits per heavy atom. The SMILES string of the molecule is Cc1cc(O)c(O)c(-c2c(C)cccc2C)c1O. The summed E-state index contributed by atoms with van der Waals surface area (Å²) in [5.74, 6) is -0.499. The molecule has 2 aromatic rings. The molecular formula is C15H16O3. The zero-order valence-corrected chi connectivity index (χ0v) is 10.7. The molecule has 0 spiro atoms. The topological polar surface area (TPSA) is 60.7 Å². The van der Waals surface area contributed by atoms with Crippen molar-refractivity contribution in [2.24, 2.45) is 0 Å². The summed E-state index contributed by atoms with van der Waals surface area (Å²) in [5.41, 5.74) is 3.45. The maximum Gasteiger partial charge on any atom is 0.169 e. The highest BCUT2D eigenvalue weighted by atomic mass is 16.3. The van der Waals surface area contributed by atoms with E-state index < -0.39 is 0 Å². The number of phenolic OH excluding ortho intramolecular Hbond substituents is 3. The van der Waals surface area contributed by atoms with E-state index >= 15 is 0 Å². The molecule has 0 radical (unpaired) electrons. The van der Waals surface area contributed by atoms with Crippen LogP contribution in [0.4, 0.5) is 0 Å². The summed E-state index contributed by atoms with van der Waals surface area (Å²) < 4.78 is 0. The second kappa shape index (κ2) is 4.26. The lowest BCUT2D eigenvalue weighted by atomic mass is 9.92. The average Bonchev–Trinajstić information content (AvgIpc) is 2.30. The molecule has 0 amide bonds. The van der Waals surface area contributed by atoms with Gasteiger partial charge < -0.3 is 15.3 Å². The van der Waals surface area contributed by atoms with Gasteiger partial charge in [-0.2, -0.15) is 0 Å². The van der Waals surface area contributed by atoms with Gasteiger partial charge in [0.25, 0.3) is 0 Å². The highest BCUT2D eigenvalue weighted by Gasteiger charge is 2.19. The summed E-state index contributed by atoms with van der Waals surface area (Å²) in [6.45, 7) is 5.49. The van der Waals surface area contributed by atoms with Gasteiger partial charge in [0, 0.05) is 0 Å². The average molecular weight is 244 g/mol. The van der Waals surface area contributed by atoms with E-state index in [0.717, 1.165) is 16.7 Å². The zero-order chi connectivity index (χ0) is 13.4. The monoisotopic (exact) mass is 244 g/mol. The Morgan fingerprint density at radius 1 is 0.722 bits per heavy atom. The zero-order valence-electron chi connectivity index (χ0n) is 10.7. The van der Waals surface area contributed by atoms with Gasteiger partial charge in [-0.3, -0.25) is 0 Å². The highest BCUT2D eigenvalue weighted by molar-refractivity contribution is 5.84. The summed E-state index contributed by atoms with van der Waals surface area (Å²) in [6.07, 6.45) is 0. The lowest BCUT2D eigenvalue weighted by molar-refractivity contribution is 0.397. The van der Waals surface area contributed by atoms with Gasteiger partial charge in [0.15, 0.2) is 11.5 Å². The van der Waals surface area contributed by atoms with Crippen molar-refractivity contribution in [3.63, 3.8) is 0 Å². The Bertz CT molecular complexity index is 569. The van der Waals surface area contributed by atoms with Crippen LogP contribution in [0.1, 0.15) is 16.7 Å². The van der Waals surface area contributed by atoms with Gasteiger partial charge in [-0.15, -0.1) is 0 Å². The van der Waals surface area contributed by atoms with Crippen LogP contribution in [0.2, 0.25) is 0 Å². The number of hydrogen-bond donors (Lipinski definition) is 3. The summed E-state index contributed by atoms with van der Waals surface area (Å²) in [7, 11) is 0. The van der Waals surface area contributed by atoms with E-state index in [2.05, 4.69) is 0 Å². The van der Waals surface area contributed by atoms with Crippen molar-refractivity contribution in [2.75, 3.05) is 0 Å². The molecule has 18 heavy (non-hydrogen) atoms. The smallest absolute Gasteiger partial charge is 0.169 e. The van der Waals surface area contributed by atoms with E-state index in [-0.39, 0.29) is 17.2 Å². The van der Waals surface area contributed by atoms with Gasteiger partial charge >= 0.3 is 0 Å². The minimum Gasteiger partial charge on any atom is -0.507 e. The third-order valence-electron chi connectivity index (χ3n) is 3.17. The molecule has 0 aliphatic carbocycles. The molecule has 3 nitrogen and oxygen atoms in total. The molecule has 0 bridgehead atoms. The maximum absolute atomic E-state index is 10.1. The molecule has 0 aliphatic heterocycles. The Morgan fingerprint density at radius 2 is 1.28 bits per heavy atom. The molecule has 3 N–H and O–H groups in total.